The maximum Gasteiger partial charge on any atom is 0.0543 e. The fourth-order valence-electron chi connectivity index (χ4n) is 3.01. The van der Waals surface area contributed by atoms with E-state index in [9.17, 15) is 5.11 Å². The minimum Gasteiger partial charge on any atom is -0.396 e. The summed E-state index contributed by atoms with van der Waals surface area (Å²) in [6.07, 6.45) is 9.09. The highest BCUT2D eigenvalue weighted by molar-refractivity contribution is 5.04. The van der Waals surface area contributed by atoms with E-state index in [1.54, 1.807) is 0 Å². The summed E-state index contributed by atoms with van der Waals surface area (Å²) >= 11 is 0. The predicted octanol–water partition coefficient (Wildman–Crippen LogP) is 2.53. The largest absolute Gasteiger partial charge is 0.396 e. The van der Waals surface area contributed by atoms with Crippen molar-refractivity contribution in [1.29, 1.82) is 0 Å². The van der Waals surface area contributed by atoms with Gasteiger partial charge in [0.15, 0.2) is 0 Å². The first-order valence-electron chi connectivity index (χ1n) is 7.86. The first-order chi connectivity index (χ1) is 9.50. The van der Waals surface area contributed by atoms with Gasteiger partial charge in [-0.15, -0.1) is 0 Å². The lowest BCUT2D eigenvalue weighted by atomic mass is 9.79. The van der Waals surface area contributed by atoms with Crippen LogP contribution in [0.4, 0.5) is 0 Å². The highest BCUT2D eigenvalue weighted by Crippen LogP contribution is 2.29. The number of aromatic nitrogens is 2. The molecule has 2 N–H and O–H groups in total. The average Bonchev–Trinajstić information content (AvgIpc) is 2.88. The minimum absolute atomic E-state index is 0.0452. The lowest BCUT2D eigenvalue weighted by Crippen LogP contribution is -2.32. The molecule has 1 saturated carbocycles. The first kappa shape index (κ1) is 15.5. The number of hydrogen-bond acceptors (Lipinski definition) is 3. The first-order valence-corrected chi connectivity index (χ1v) is 7.86. The monoisotopic (exact) mass is 279 g/mol. The van der Waals surface area contributed by atoms with Crippen molar-refractivity contribution < 1.29 is 5.11 Å². The highest BCUT2D eigenvalue weighted by atomic mass is 16.3. The third-order valence-electron chi connectivity index (χ3n) is 4.36. The van der Waals surface area contributed by atoms with Crippen LogP contribution in [0.3, 0.4) is 0 Å². The Morgan fingerprint density at radius 1 is 1.30 bits per heavy atom. The minimum atomic E-state index is 0.0452. The molecule has 2 rings (SSSR count). The molecule has 2 unspecified atom stereocenters. The van der Waals surface area contributed by atoms with E-state index in [1.807, 2.05) is 10.9 Å². The molecule has 0 aliphatic heterocycles. The van der Waals surface area contributed by atoms with E-state index in [0.717, 1.165) is 13.1 Å². The second kappa shape index (κ2) is 6.72. The number of aliphatic hydroxyl groups excluding tert-OH is 1. The quantitative estimate of drug-likeness (QED) is 0.871. The maximum absolute atomic E-state index is 9.43. The van der Waals surface area contributed by atoms with Crippen LogP contribution in [0.5, 0.6) is 0 Å². The molecule has 2 atom stereocenters. The van der Waals surface area contributed by atoms with Crippen LogP contribution >= 0.6 is 0 Å². The van der Waals surface area contributed by atoms with E-state index in [4.69, 9.17) is 0 Å². The Hall–Kier alpha value is -0.870. The molecule has 0 bridgehead atoms. The number of nitrogens with zero attached hydrogens (tertiary/aromatic N) is 2. The van der Waals surface area contributed by atoms with Crippen molar-refractivity contribution in [3.8, 4) is 0 Å². The van der Waals surface area contributed by atoms with Crippen molar-refractivity contribution in [2.24, 2.45) is 11.8 Å². The topological polar surface area (TPSA) is 50.1 Å². The second-order valence-electron chi connectivity index (χ2n) is 7.08. The molecule has 1 aromatic rings. The summed E-state index contributed by atoms with van der Waals surface area (Å²) in [5.41, 5.74) is 1.28. The van der Waals surface area contributed by atoms with Crippen molar-refractivity contribution in [1.82, 2.24) is 15.1 Å². The second-order valence-corrected chi connectivity index (χ2v) is 7.08. The standard InChI is InChI=1S/C16H29N3O/c1-16(2,3)19-11-13(9-18-19)8-17-10-14-6-4-5-7-15(14)12-20/h9,11,14-15,17,20H,4-8,10,12H2,1-3H3. The fraction of sp³-hybridized carbons (Fsp3) is 0.812. The van der Waals surface area contributed by atoms with Crippen LogP contribution in [0.15, 0.2) is 12.4 Å². The Morgan fingerprint density at radius 3 is 2.60 bits per heavy atom. The van der Waals surface area contributed by atoms with Gasteiger partial charge in [-0.2, -0.15) is 5.10 Å². The third kappa shape index (κ3) is 4.06. The number of rotatable bonds is 5. The van der Waals surface area contributed by atoms with Crippen LogP contribution in [0.25, 0.3) is 0 Å². The van der Waals surface area contributed by atoms with Gasteiger partial charge in [-0.05, 0) is 52.0 Å². The van der Waals surface area contributed by atoms with E-state index >= 15 is 0 Å². The van der Waals surface area contributed by atoms with Crippen molar-refractivity contribution >= 4 is 0 Å². The molecule has 0 amide bonds. The zero-order valence-electron chi connectivity index (χ0n) is 13.1. The molecule has 1 aliphatic carbocycles. The van der Waals surface area contributed by atoms with Crippen LogP contribution in [0, 0.1) is 11.8 Å². The summed E-state index contributed by atoms with van der Waals surface area (Å²) in [5.74, 6) is 1.12. The summed E-state index contributed by atoms with van der Waals surface area (Å²) in [6.45, 7) is 8.69. The Labute approximate surface area is 122 Å². The smallest absolute Gasteiger partial charge is 0.0543 e. The Bertz CT molecular complexity index is 408. The number of nitrogens with one attached hydrogen (secondary N) is 1. The molecule has 4 nitrogen and oxygen atoms in total. The van der Waals surface area contributed by atoms with Gasteiger partial charge >= 0.3 is 0 Å². The van der Waals surface area contributed by atoms with E-state index in [2.05, 4.69) is 37.4 Å². The SMILES string of the molecule is CC(C)(C)n1cc(CNCC2CCCCC2CO)cn1. The molecule has 1 aromatic heterocycles. The van der Waals surface area contributed by atoms with Crippen LogP contribution in [-0.4, -0.2) is 28.0 Å². The zero-order chi connectivity index (χ0) is 14.6. The summed E-state index contributed by atoms with van der Waals surface area (Å²) in [5, 5.41) is 17.4. The molecule has 0 saturated heterocycles. The van der Waals surface area contributed by atoms with E-state index in [0.29, 0.717) is 18.4 Å². The van der Waals surface area contributed by atoms with Crippen LogP contribution < -0.4 is 5.32 Å². The summed E-state index contributed by atoms with van der Waals surface area (Å²) in [7, 11) is 0. The molecular formula is C16H29N3O. The molecule has 0 radical (unpaired) electrons. The highest BCUT2D eigenvalue weighted by Gasteiger charge is 2.23. The number of aliphatic hydroxyl groups is 1. The molecule has 20 heavy (non-hydrogen) atoms. The molecular weight excluding hydrogens is 250 g/mol. The van der Waals surface area contributed by atoms with Gasteiger partial charge in [0, 0.05) is 24.9 Å². The molecule has 4 heteroatoms. The van der Waals surface area contributed by atoms with Gasteiger partial charge < -0.3 is 10.4 Å². The maximum atomic E-state index is 9.43. The lowest BCUT2D eigenvalue weighted by molar-refractivity contribution is 0.133. The van der Waals surface area contributed by atoms with Crippen molar-refractivity contribution in [3.63, 3.8) is 0 Å². The molecule has 0 spiro atoms. The lowest BCUT2D eigenvalue weighted by Gasteiger charge is -2.30. The Morgan fingerprint density at radius 2 is 2.00 bits per heavy atom. The fourth-order valence-corrected chi connectivity index (χ4v) is 3.01. The molecule has 1 fully saturated rings. The normalized spacial score (nSPS) is 24.0. The van der Waals surface area contributed by atoms with Gasteiger partial charge in [-0.25, -0.2) is 0 Å². The van der Waals surface area contributed by atoms with Crippen LogP contribution in [-0.2, 0) is 12.1 Å². The molecule has 0 aromatic carbocycles. The average molecular weight is 279 g/mol. The van der Waals surface area contributed by atoms with E-state index < -0.39 is 0 Å². The Kier molecular flexibility index (Phi) is 5.22. The molecule has 1 heterocycles. The molecule has 1 aliphatic rings. The van der Waals surface area contributed by atoms with Crippen molar-refractivity contribution in [3.05, 3.63) is 18.0 Å². The van der Waals surface area contributed by atoms with Crippen molar-refractivity contribution in [2.75, 3.05) is 13.2 Å². The third-order valence-corrected chi connectivity index (χ3v) is 4.36. The van der Waals surface area contributed by atoms with Gasteiger partial charge in [-0.3, -0.25) is 4.68 Å². The number of hydrogen-bond donors (Lipinski definition) is 2. The van der Waals surface area contributed by atoms with Gasteiger partial charge in [0.05, 0.1) is 11.7 Å². The summed E-state index contributed by atoms with van der Waals surface area (Å²) in [6, 6.07) is 0. The van der Waals surface area contributed by atoms with Crippen molar-refractivity contribution in [2.45, 2.75) is 58.5 Å². The van der Waals surface area contributed by atoms with Gasteiger partial charge in [0.2, 0.25) is 0 Å². The predicted molar refractivity (Wildman–Crippen MR) is 81.5 cm³/mol. The van der Waals surface area contributed by atoms with Crippen LogP contribution in [0.2, 0.25) is 0 Å². The van der Waals surface area contributed by atoms with Crippen LogP contribution in [0.1, 0.15) is 52.0 Å². The summed E-state index contributed by atoms with van der Waals surface area (Å²) < 4.78 is 2.02. The van der Waals surface area contributed by atoms with E-state index in [-0.39, 0.29) is 5.54 Å². The van der Waals surface area contributed by atoms with Gasteiger partial charge in [-0.1, -0.05) is 12.8 Å². The Balaban J connectivity index is 1.79. The van der Waals surface area contributed by atoms with Gasteiger partial charge in [0.25, 0.3) is 0 Å². The van der Waals surface area contributed by atoms with E-state index in [1.165, 1.54) is 31.2 Å². The summed E-state index contributed by atoms with van der Waals surface area (Å²) in [4.78, 5) is 0. The zero-order valence-corrected chi connectivity index (χ0v) is 13.1. The molecule has 114 valence electrons. The van der Waals surface area contributed by atoms with Gasteiger partial charge in [0.1, 0.15) is 0 Å².